The van der Waals surface area contributed by atoms with Crippen molar-refractivity contribution in [3.05, 3.63) is 34.4 Å². The van der Waals surface area contributed by atoms with Crippen LogP contribution in [0.15, 0.2) is 12.1 Å². The van der Waals surface area contributed by atoms with Crippen molar-refractivity contribution in [3.63, 3.8) is 0 Å². The molecule has 1 fully saturated rings. The Morgan fingerprint density at radius 3 is 2.72 bits per heavy atom. The van der Waals surface area contributed by atoms with Crippen molar-refractivity contribution in [1.29, 1.82) is 0 Å². The third kappa shape index (κ3) is 2.47. The Balaban J connectivity index is 2.22. The van der Waals surface area contributed by atoms with Gasteiger partial charge in [-0.1, -0.05) is 11.6 Å². The summed E-state index contributed by atoms with van der Waals surface area (Å²) in [5.74, 6) is -2.25. The van der Waals surface area contributed by atoms with Crippen molar-refractivity contribution in [2.24, 2.45) is 11.7 Å². The molecule has 1 aromatic rings. The summed E-state index contributed by atoms with van der Waals surface area (Å²) in [6.45, 7) is 1.61. The molecule has 1 atom stereocenters. The Morgan fingerprint density at radius 2 is 2.11 bits per heavy atom. The van der Waals surface area contributed by atoms with Crippen LogP contribution in [0, 0.1) is 17.6 Å². The van der Waals surface area contributed by atoms with Gasteiger partial charge in [0.1, 0.15) is 0 Å². The van der Waals surface area contributed by atoms with Gasteiger partial charge in [0.2, 0.25) is 0 Å². The van der Waals surface area contributed by atoms with Gasteiger partial charge < -0.3 is 10.6 Å². The molecule has 3 nitrogen and oxygen atoms in total. The number of amides is 1. The normalized spacial score (nSPS) is 19.3. The zero-order chi connectivity index (χ0) is 13.3. The maximum absolute atomic E-state index is 13.1. The van der Waals surface area contributed by atoms with E-state index in [-0.39, 0.29) is 22.4 Å². The van der Waals surface area contributed by atoms with Gasteiger partial charge in [0.15, 0.2) is 11.6 Å². The van der Waals surface area contributed by atoms with Gasteiger partial charge in [0.05, 0.1) is 10.6 Å². The Hall–Kier alpha value is -1.20. The molecular weight excluding hydrogens is 262 g/mol. The maximum atomic E-state index is 13.1. The first-order valence-corrected chi connectivity index (χ1v) is 6.04. The van der Waals surface area contributed by atoms with Crippen molar-refractivity contribution in [2.75, 3.05) is 19.6 Å². The molecule has 2 N–H and O–H groups in total. The van der Waals surface area contributed by atoms with Crippen molar-refractivity contribution in [2.45, 2.75) is 6.42 Å². The summed E-state index contributed by atoms with van der Waals surface area (Å²) >= 11 is 5.77. The summed E-state index contributed by atoms with van der Waals surface area (Å²) in [5.41, 5.74) is 5.53. The van der Waals surface area contributed by atoms with Crippen LogP contribution in [0.4, 0.5) is 8.78 Å². The number of benzene rings is 1. The minimum absolute atomic E-state index is 0.00626. The summed E-state index contributed by atoms with van der Waals surface area (Å²) in [6.07, 6.45) is 0.823. The first-order valence-electron chi connectivity index (χ1n) is 5.66. The van der Waals surface area contributed by atoms with Crippen molar-refractivity contribution >= 4 is 17.5 Å². The van der Waals surface area contributed by atoms with E-state index in [0.717, 1.165) is 18.6 Å². The van der Waals surface area contributed by atoms with Crippen LogP contribution >= 0.6 is 11.6 Å². The molecule has 1 aromatic carbocycles. The second kappa shape index (κ2) is 5.20. The minimum Gasteiger partial charge on any atom is -0.338 e. The standard InChI is InChI=1S/C12H13ClF2N2O/c13-9-4-11(15)10(14)3-8(9)12(18)17-2-1-7(5-16)6-17/h3-4,7H,1-2,5-6,16H2/t7-/m0/s1. The van der Waals surface area contributed by atoms with Crippen LogP contribution in [0.1, 0.15) is 16.8 Å². The summed E-state index contributed by atoms with van der Waals surface area (Å²) in [4.78, 5) is 13.7. The molecule has 1 heterocycles. The highest BCUT2D eigenvalue weighted by atomic mass is 35.5. The second-order valence-corrected chi connectivity index (χ2v) is 4.79. The second-order valence-electron chi connectivity index (χ2n) is 4.39. The van der Waals surface area contributed by atoms with E-state index in [1.165, 1.54) is 0 Å². The van der Waals surface area contributed by atoms with E-state index in [2.05, 4.69) is 0 Å². The van der Waals surface area contributed by atoms with Gasteiger partial charge in [-0.05, 0) is 31.0 Å². The Bertz CT molecular complexity index is 481. The zero-order valence-corrected chi connectivity index (χ0v) is 10.4. The van der Waals surface area contributed by atoms with Gasteiger partial charge in [-0.15, -0.1) is 0 Å². The number of hydrogen-bond donors (Lipinski definition) is 1. The van der Waals surface area contributed by atoms with E-state index in [0.29, 0.717) is 19.6 Å². The number of likely N-dealkylation sites (tertiary alicyclic amines) is 1. The first kappa shape index (κ1) is 13.2. The molecule has 0 unspecified atom stereocenters. The molecule has 1 aliphatic rings. The van der Waals surface area contributed by atoms with Crippen LogP contribution in [-0.4, -0.2) is 30.4 Å². The minimum atomic E-state index is -1.07. The Labute approximate surface area is 109 Å². The predicted molar refractivity (Wildman–Crippen MR) is 64.4 cm³/mol. The van der Waals surface area contributed by atoms with Gasteiger partial charge >= 0.3 is 0 Å². The third-order valence-electron chi connectivity index (χ3n) is 3.15. The monoisotopic (exact) mass is 274 g/mol. The summed E-state index contributed by atoms with van der Waals surface area (Å²) in [6, 6.07) is 1.66. The molecule has 6 heteroatoms. The van der Waals surface area contributed by atoms with Gasteiger partial charge in [-0.25, -0.2) is 8.78 Å². The molecule has 0 bridgehead atoms. The highest BCUT2D eigenvalue weighted by Crippen LogP contribution is 2.24. The first-order chi connectivity index (χ1) is 8.52. The summed E-state index contributed by atoms with van der Waals surface area (Å²) < 4.78 is 26.0. The fourth-order valence-corrected chi connectivity index (χ4v) is 2.30. The molecule has 2 rings (SSSR count). The van der Waals surface area contributed by atoms with Crippen molar-refractivity contribution in [1.82, 2.24) is 4.90 Å². The lowest BCUT2D eigenvalue weighted by atomic mass is 10.1. The zero-order valence-electron chi connectivity index (χ0n) is 9.63. The number of nitrogens with two attached hydrogens (primary N) is 1. The van der Waals surface area contributed by atoms with Crippen molar-refractivity contribution in [3.8, 4) is 0 Å². The average molecular weight is 275 g/mol. The van der Waals surface area contributed by atoms with Crippen LogP contribution in [0.25, 0.3) is 0 Å². The predicted octanol–water partition coefficient (Wildman–Crippen LogP) is 2.04. The molecule has 0 spiro atoms. The fraction of sp³-hybridized carbons (Fsp3) is 0.417. The highest BCUT2D eigenvalue weighted by Gasteiger charge is 2.27. The molecule has 1 saturated heterocycles. The molecule has 0 aromatic heterocycles. The Kier molecular flexibility index (Phi) is 3.82. The number of nitrogens with zero attached hydrogens (tertiary/aromatic N) is 1. The Morgan fingerprint density at radius 1 is 1.44 bits per heavy atom. The third-order valence-corrected chi connectivity index (χ3v) is 3.46. The van der Waals surface area contributed by atoms with E-state index in [1.54, 1.807) is 4.90 Å². The molecule has 18 heavy (non-hydrogen) atoms. The summed E-state index contributed by atoms with van der Waals surface area (Å²) in [5, 5.41) is -0.0740. The van der Waals surface area contributed by atoms with Crippen LogP contribution in [0.2, 0.25) is 5.02 Å². The number of carbonyl (C=O) groups is 1. The van der Waals surface area contributed by atoms with E-state index in [4.69, 9.17) is 17.3 Å². The van der Waals surface area contributed by atoms with Crippen LogP contribution in [0.3, 0.4) is 0 Å². The molecule has 0 radical (unpaired) electrons. The van der Waals surface area contributed by atoms with E-state index >= 15 is 0 Å². The molecule has 1 aliphatic heterocycles. The largest absolute Gasteiger partial charge is 0.338 e. The van der Waals surface area contributed by atoms with Crippen LogP contribution in [0.5, 0.6) is 0 Å². The van der Waals surface area contributed by atoms with Gasteiger partial charge in [0.25, 0.3) is 5.91 Å². The number of rotatable bonds is 2. The quantitative estimate of drug-likeness (QED) is 0.839. The number of carbonyl (C=O) groups excluding carboxylic acids is 1. The molecule has 1 amide bonds. The van der Waals surface area contributed by atoms with E-state index in [1.807, 2.05) is 0 Å². The lowest BCUT2D eigenvalue weighted by Gasteiger charge is -2.17. The lowest BCUT2D eigenvalue weighted by molar-refractivity contribution is 0.0787. The number of halogens is 3. The van der Waals surface area contributed by atoms with Crippen LogP contribution in [-0.2, 0) is 0 Å². The fourth-order valence-electron chi connectivity index (χ4n) is 2.07. The molecule has 0 aliphatic carbocycles. The number of hydrogen-bond acceptors (Lipinski definition) is 2. The molecule has 0 saturated carbocycles. The summed E-state index contributed by atoms with van der Waals surface area (Å²) in [7, 11) is 0. The smallest absolute Gasteiger partial charge is 0.255 e. The van der Waals surface area contributed by atoms with Gasteiger partial charge in [0, 0.05) is 13.1 Å². The van der Waals surface area contributed by atoms with E-state index < -0.39 is 11.6 Å². The van der Waals surface area contributed by atoms with E-state index in [9.17, 15) is 13.6 Å². The van der Waals surface area contributed by atoms with Gasteiger partial charge in [-0.2, -0.15) is 0 Å². The topological polar surface area (TPSA) is 46.3 Å². The SMILES string of the molecule is NC[C@@H]1CCN(C(=O)c2cc(F)c(F)cc2Cl)C1. The molecular formula is C12H13ClF2N2O. The highest BCUT2D eigenvalue weighted by molar-refractivity contribution is 6.33. The van der Waals surface area contributed by atoms with Crippen LogP contribution < -0.4 is 5.73 Å². The lowest BCUT2D eigenvalue weighted by Crippen LogP contribution is -2.30. The van der Waals surface area contributed by atoms with Crippen molar-refractivity contribution < 1.29 is 13.6 Å². The maximum Gasteiger partial charge on any atom is 0.255 e. The van der Waals surface area contributed by atoms with Gasteiger partial charge in [-0.3, -0.25) is 4.79 Å². The molecule has 98 valence electrons. The average Bonchev–Trinajstić information content (AvgIpc) is 2.81.